The predicted molar refractivity (Wildman–Crippen MR) is 118 cm³/mol. The summed E-state index contributed by atoms with van der Waals surface area (Å²) < 4.78 is 10.8. The maximum atomic E-state index is 13.2. The number of aromatic nitrogens is 2. The Hall–Kier alpha value is -3.19. The number of aryl methyl sites for hydroxylation is 1. The van der Waals surface area contributed by atoms with E-state index in [0.717, 1.165) is 17.5 Å². The van der Waals surface area contributed by atoms with Gasteiger partial charge in [0.2, 0.25) is 0 Å². The quantitative estimate of drug-likeness (QED) is 0.578. The van der Waals surface area contributed by atoms with Crippen LogP contribution < -0.4 is 9.47 Å². The van der Waals surface area contributed by atoms with Crippen LogP contribution in [0.1, 0.15) is 46.6 Å². The van der Waals surface area contributed by atoms with Gasteiger partial charge in [0.15, 0.2) is 11.5 Å². The first kappa shape index (κ1) is 21.1. The minimum atomic E-state index is -0.393. The van der Waals surface area contributed by atoms with Crippen LogP contribution in [0.15, 0.2) is 30.3 Å². The molecule has 0 saturated carbocycles. The normalized spacial score (nSPS) is 15.3. The number of H-pyrrole nitrogens is 1. The van der Waals surface area contributed by atoms with Crippen LogP contribution in [0.5, 0.6) is 17.2 Å². The number of benzene rings is 2. The van der Waals surface area contributed by atoms with E-state index in [1.54, 1.807) is 31.3 Å². The average molecular weight is 442 g/mol. The first-order valence-corrected chi connectivity index (χ1v) is 10.4. The highest BCUT2D eigenvalue weighted by atomic mass is 35.5. The second-order valence-corrected chi connectivity index (χ2v) is 7.90. The third-order valence-corrected chi connectivity index (χ3v) is 5.99. The molecule has 0 spiro atoms. The van der Waals surface area contributed by atoms with Crippen molar-refractivity contribution in [3.05, 3.63) is 57.7 Å². The molecular formula is C23H24ClN3O4. The number of amides is 1. The molecule has 1 unspecified atom stereocenters. The van der Waals surface area contributed by atoms with Crippen molar-refractivity contribution in [3.8, 4) is 28.5 Å². The summed E-state index contributed by atoms with van der Waals surface area (Å²) in [5.74, 6) is 1.11. The van der Waals surface area contributed by atoms with E-state index in [4.69, 9.17) is 21.1 Å². The topological polar surface area (TPSA) is 87.7 Å². The summed E-state index contributed by atoms with van der Waals surface area (Å²) in [5, 5.41) is 18.4. The molecule has 0 bridgehead atoms. The molecule has 3 aromatic rings. The fraction of sp³-hybridized carbons (Fsp3) is 0.304. The molecule has 0 fully saturated rings. The van der Waals surface area contributed by atoms with Gasteiger partial charge in [0, 0.05) is 22.7 Å². The van der Waals surface area contributed by atoms with Crippen LogP contribution in [0.3, 0.4) is 0 Å². The Morgan fingerprint density at radius 3 is 2.61 bits per heavy atom. The van der Waals surface area contributed by atoms with E-state index >= 15 is 0 Å². The zero-order valence-electron chi connectivity index (χ0n) is 17.8. The number of hydrogen-bond donors (Lipinski definition) is 2. The van der Waals surface area contributed by atoms with E-state index in [9.17, 15) is 9.90 Å². The van der Waals surface area contributed by atoms with Crippen molar-refractivity contribution in [2.75, 3.05) is 20.8 Å². The van der Waals surface area contributed by atoms with Crippen molar-refractivity contribution in [1.82, 2.24) is 15.1 Å². The third kappa shape index (κ3) is 3.39. The Bertz CT molecular complexity index is 1160. The number of phenols is 1. The van der Waals surface area contributed by atoms with E-state index < -0.39 is 6.04 Å². The van der Waals surface area contributed by atoms with Gasteiger partial charge in [0.05, 0.1) is 20.3 Å². The number of phenolic OH excluding ortho intramolecular Hbond substituents is 1. The lowest BCUT2D eigenvalue weighted by Crippen LogP contribution is -2.30. The number of ether oxygens (including phenoxy) is 2. The van der Waals surface area contributed by atoms with Crippen molar-refractivity contribution in [2.24, 2.45) is 0 Å². The van der Waals surface area contributed by atoms with Crippen LogP contribution in [-0.4, -0.2) is 46.9 Å². The number of methoxy groups -OCH3 is 2. The van der Waals surface area contributed by atoms with Gasteiger partial charge in [-0.1, -0.05) is 24.6 Å². The molecule has 1 aliphatic heterocycles. The highest BCUT2D eigenvalue weighted by Crippen LogP contribution is 2.46. The molecule has 2 heterocycles. The van der Waals surface area contributed by atoms with Crippen molar-refractivity contribution in [3.63, 3.8) is 0 Å². The number of nitrogens with zero attached hydrogens (tertiary/aromatic N) is 2. The zero-order chi connectivity index (χ0) is 22.3. The number of halogens is 1. The molecule has 1 amide bonds. The predicted octanol–water partition coefficient (Wildman–Crippen LogP) is 4.72. The number of aromatic hydroxyl groups is 1. The molecule has 1 atom stereocenters. The van der Waals surface area contributed by atoms with Crippen LogP contribution in [0.25, 0.3) is 11.3 Å². The van der Waals surface area contributed by atoms with Gasteiger partial charge in [-0.05, 0) is 48.7 Å². The van der Waals surface area contributed by atoms with E-state index in [1.807, 2.05) is 32.0 Å². The molecule has 0 radical (unpaired) electrons. The molecule has 162 valence electrons. The Kier molecular flexibility index (Phi) is 5.54. The SMILES string of the molecule is CCCN1C(=O)c2[nH]nc(-c3cc(Cl)c(C)cc3O)c2C1c1ccc(OC)c(OC)c1. The molecule has 31 heavy (non-hydrogen) atoms. The van der Waals surface area contributed by atoms with Crippen LogP contribution in [0.4, 0.5) is 0 Å². The maximum absolute atomic E-state index is 13.2. The van der Waals surface area contributed by atoms with Crippen molar-refractivity contribution >= 4 is 17.5 Å². The van der Waals surface area contributed by atoms with E-state index in [-0.39, 0.29) is 11.7 Å². The van der Waals surface area contributed by atoms with E-state index in [2.05, 4.69) is 10.2 Å². The fourth-order valence-corrected chi connectivity index (χ4v) is 4.26. The van der Waals surface area contributed by atoms with Crippen molar-refractivity contribution in [1.29, 1.82) is 0 Å². The largest absolute Gasteiger partial charge is 0.507 e. The minimum absolute atomic E-state index is 0.0589. The molecular weight excluding hydrogens is 418 g/mol. The number of hydrogen-bond acceptors (Lipinski definition) is 5. The number of aromatic amines is 1. The number of fused-ring (bicyclic) bond motifs is 1. The molecule has 8 heteroatoms. The lowest BCUT2D eigenvalue weighted by molar-refractivity contribution is 0.0743. The maximum Gasteiger partial charge on any atom is 0.273 e. The Morgan fingerprint density at radius 2 is 1.94 bits per heavy atom. The lowest BCUT2D eigenvalue weighted by atomic mass is 9.95. The molecule has 0 aliphatic carbocycles. The monoisotopic (exact) mass is 441 g/mol. The Balaban J connectivity index is 1.93. The van der Waals surface area contributed by atoms with Crippen molar-refractivity contribution in [2.45, 2.75) is 26.3 Å². The number of carbonyl (C=O) groups is 1. The second-order valence-electron chi connectivity index (χ2n) is 7.49. The van der Waals surface area contributed by atoms with E-state index in [0.29, 0.717) is 45.6 Å². The highest BCUT2D eigenvalue weighted by Gasteiger charge is 2.42. The molecule has 1 aromatic heterocycles. The van der Waals surface area contributed by atoms with Gasteiger partial charge < -0.3 is 19.5 Å². The Morgan fingerprint density at radius 1 is 1.19 bits per heavy atom. The van der Waals surface area contributed by atoms with Gasteiger partial charge in [0.25, 0.3) is 5.91 Å². The standard InChI is InChI=1S/C23H24ClN3O4/c1-5-8-27-22(13-6-7-17(30-3)18(10-13)31-4)19-20(25-26-21(19)23(27)29)14-11-15(24)12(2)9-16(14)28/h6-7,9-11,22,28H,5,8H2,1-4H3,(H,25,26). The van der Waals surface area contributed by atoms with Crippen LogP contribution in [-0.2, 0) is 0 Å². The number of rotatable bonds is 6. The zero-order valence-corrected chi connectivity index (χ0v) is 18.6. The second kappa shape index (κ2) is 8.15. The summed E-state index contributed by atoms with van der Waals surface area (Å²) in [5.41, 5.74) is 3.72. The van der Waals surface area contributed by atoms with Crippen LogP contribution in [0, 0.1) is 6.92 Å². The fourth-order valence-electron chi connectivity index (χ4n) is 4.10. The van der Waals surface area contributed by atoms with Gasteiger partial charge in [-0.15, -0.1) is 0 Å². The molecule has 1 aliphatic rings. The van der Waals surface area contributed by atoms with Gasteiger partial charge in [-0.2, -0.15) is 5.10 Å². The van der Waals surface area contributed by atoms with Crippen molar-refractivity contribution < 1.29 is 19.4 Å². The molecule has 7 nitrogen and oxygen atoms in total. The molecule has 0 saturated heterocycles. The summed E-state index contributed by atoms with van der Waals surface area (Å²) in [4.78, 5) is 15.0. The summed E-state index contributed by atoms with van der Waals surface area (Å²) in [7, 11) is 3.16. The summed E-state index contributed by atoms with van der Waals surface area (Å²) in [6, 6.07) is 8.49. The van der Waals surface area contributed by atoms with Gasteiger partial charge in [-0.3, -0.25) is 9.89 Å². The summed E-state index contributed by atoms with van der Waals surface area (Å²) in [6.45, 7) is 4.41. The highest BCUT2D eigenvalue weighted by molar-refractivity contribution is 6.31. The van der Waals surface area contributed by atoms with Crippen LogP contribution >= 0.6 is 11.6 Å². The molecule has 2 aromatic carbocycles. The smallest absolute Gasteiger partial charge is 0.273 e. The van der Waals surface area contributed by atoms with Gasteiger partial charge in [-0.25, -0.2) is 0 Å². The minimum Gasteiger partial charge on any atom is -0.507 e. The van der Waals surface area contributed by atoms with Crippen LogP contribution in [0.2, 0.25) is 5.02 Å². The van der Waals surface area contributed by atoms with Gasteiger partial charge in [0.1, 0.15) is 17.1 Å². The summed E-state index contributed by atoms with van der Waals surface area (Å²) in [6.07, 6.45) is 0.796. The number of carbonyl (C=O) groups excluding carboxylic acids is 1. The summed E-state index contributed by atoms with van der Waals surface area (Å²) >= 11 is 6.33. The number of nitrogens with one attached hydrogen (secondary N) is 1. The average Bonchev–Trinajstić information content (AvgIpc) is 3.30. The van der Waals surface area contributed by atoms with Gasteiger partial charge >= 0.3 is 0 Å². The first-order valence-electron chi connectivity index (χ1n) is 10.0. The Labute approximate surface area is 185 Å². The third-order valence-electron chi connectivity index (χ3n) is 5.58. The lowest BCUT2D eigenvalue weighted by Gasteiger charge is -2.26. The molecule has 4 rings (SSSR count). The van der Waals surface area contributed by atoms with E-state index in [1.165, 1.54) is 0 Å². The molecule has 2 N–H and O–H groups in total. The first-order chi connectivity index (χ1) is 14.9.